The molecule has 2 amide bonds. The summed E-state index contributed by atoms with van der Waals surface area (Å²) in [5.41, 5.74) is 0.962. The van der Waals surface area contributed by atoms with Crippen molar-refractivity contribution in [2.45, 2.75) is 12.5 Å². The van der Waals surface area contributed by atoms with Gasteiger partial charge < -0.3 is 9.47 Å². The molecule has 3 rings (SSSR count). The van der Waals surface area contributed by atoms with Gasteiger partial charge in [0.2, 0.25) is 0 Å². The SMILES string of the molecule is O=C1c2ccccc2C(=O)N1CC1CCOCO1. The van der Waals surface area contributed by atoms with Crippen LogP contribution in [0, 0.1) is 0 Å². The molecule has 0 aliphatic carbocycles. The van der Waals surface area contributed by atoms with Gasteiger partial charge in [-0.3, -0.25) is 14.5 Å². The molecular weight excluding hydrogens is 234 g/mol. The average molecular weight is 247 g/mol. The Kier molecular flexibility index (Phi) is 2.85. The van der Waals surface area contributed by atoms with Crippen molar-refractivity contribution in [2.75, 3.05) is 19.9 Å². The van der Waals surface area contributed by atoms with Crippen molar-refractivity contribution in [1.29, 1.82) is 0 Å². The van der Waals surface area contributed by atoms with Crippen LogP contribution in [0.15, 0.2) is 24.3 Å². The van der Waals surface area contributed by atoms with Crippen molar-refractivity contribution in [3.8, 4) is 0 Å². The zero-order valence-corrected chi connectivity index (χ0v) is 9.80. The van der Waals surface area contributed by atoms with E-state index in [1.165, 1.54) is 4.90 Å². The second-order valence-corrected chi connectivity index (χ2v) is 4.37. The first-order chi connectivity index (χ1) is 8.77. The molecule has 1 unspecified atom stereocenters. The fraction of sp³-hybridized carbons (Fsp3) is 0.385. The Morgan fingerprint density at radius 3 is 2.39 bits per heavy atom. The van der Waals surface area contributed by atoms with Crippen LogP contribution in [0.3, 0.4) is 0 Å². The van der Waals surface area contributed by atoms with Crippen molar-refractivity contribution in [3.63, 3.8) is 0 Å². The Morgan fingerprint density at radius 2 is 1.83 bits per heavy atom. The number of nitrogens with zero attached hydrogens (tertiary/aromatic N) is 1. The Labute approximate surface area is 104 Å². The summed E-state index contributed by atoms with van der Waals surface area (Å²) in [6.45, 7) is 1.14. The van der Waals surface area contributed by atoms with Crippen LogP contribution in [-0.2, 0) is 9.47 Å². The van der Waals surface area contributed by atoms with Crippen molar-refractivity contribution >= 4 is 11.8 Å². The number of carbonyl (C=O) groups excluding carboxylic acids is 2. The molecule has 2 heterocycles. The number of hydrogen-bond acceptors (Lipinski definition) is 4. The van der Waals surface area contributed by atoms with Gasteiger partial charge in [-0.15, -0.1) is 0 Å². The van der Waals surface area contributed by atoms with E-state index < -0.39 is 0 Å². The summed E-state index contributed by atoms with van der Waals surface area (Å²) >= 11 is 0. The third kappa shape index (κ3) is 1.81. The molecule has 0 aromatic heterocycles. The minimum absolute atomic E-state index is 0.124. The molecule has 2 aliphatic rings. The number of ether oxygens (including phenoxy) is 2. The Morgan fingerprint density at radius 1 is 1.17 bits per heavy atom. The number of fused-ring (bicyclic) bond motifs is 1. The highest BCUT2D eigenvalue weighted by Gasteiger charge is 2.36. The Balaban J connectivity index is 1.79. The van der Waals surface area contributed by atoms with Crippen LogP contribution < -0.4 is 0 Å². The molecule has 94 valence electrons. The monoisotopic (exact) mass is 247 g/mol. The lowest BCUT2D eigenvalue weighted by Crippen LogP contribution is -2.40. The van der Waals surface area contributed by atoms with Gasteiger partial charge in [0.1, 0.15) is 6.79 Å². The standard InChI is InChI=1S/C13H13NO4/c15-12-10-3-1-2-4-11(10)13(16)14(12)7-9-5-6-17-8-18-9/h1-4,9H,5-8H2. The van der Waals surface area contributed by atoms with Gasteiger partial charge >= 0.3 is 0 Å². The Hall–Kier alpha value is -1.72. The second kappa shape index (κ2) is 4.51. The van der Waals surface area contributed by atoms with E-state index >= 15 is 0 Å². The van der Waals surface area contributed by atoms with Crippen LogP contribution in [-0.4, -0.2) is 42.8 Å². The van der Waals surface area contributed by atoms with E-state index in [0.717, 1.165) is 0 Å². The molecule has 0 radical (unpaired) electrons. The van der Waals surface area contributed by atoms with Gasteiger partial charge in [0.05, 0.1) is 30.4 Å². The molecule has 18 heavy (non-hydrogen) atoms. The molecule has 5 nitrogen and oxygen atoms in total. The van der Waals surface area contributed by atoms with Crippen LogP contribution in [0.25, 0.3) is 0 Å². The molecule has 0 saturated carbocycles. The van der Waals surface area contributed by atoms with Gasteiger partial charge in [-0.05, 0) is 18.6 Å². The maximum absolute atomic E-state index is 12.1. The van der Waals surface area contributed by atoms with E-state index in [2.05, 4.69) is 0 Å². The summed E-state index contributed by atoms with van der Waals surface area (Å²) in [5, 5.41) is 0. The first-order valence-corrected chi connectivity index (χ1v) is 5.92. The summed E-state index contributed by atoms with van der Waals surface area (Å²) in [6, 6.07) is 6.89. The molecule has 5 heteroatoms. The van der Waals surface area contributed by atoms with Gasteiger partial charge in [0, 0.05) is 0 Å². The van der Waals surface area contributed by atoms with Crippen LogP contribution in [0.2, 0.25) is 0 Å². The summed E-state index contributed by atoms with van der Waals surface area (Å²) in [5.74, 6) is -0.462. The third-order valence-electron chi connectivity index (χ3n) is 3.24. The topological polar surface area (TPSA) is 55.8 Å². The molecular formula is C13H13NO4. The van der Waals surface area contributed by atoms with Gasteiger partial charge in [0.15, 0.2) is 0 Å². The molecule has 0 N–H and O–H groups in total. The Bertz CT molecular complexity index is 459. The predicted octanol–water partition coefficient (Wildman–Crippen LogP) is 1.05. The average Bonchev–Trinajstić information content (AvgIpc) is 2.66. The van der Waals surface area contributed by atoms with E-state index in [0.29, 0.717) is 30.7 Å². The van der Waals surface area contributed by atoms with Gasteiger partial charge in [-0.25, -0.2) is 0 Å². The minimum atomic E-state index is -0.231. The molecule has 1 aromatic carbocycles. The molecule has 2 aliphatic heterocycles. The first kappa shape index (κ1) is 11.4. The summed E-state index contributed by atoms with van der Waals surface area (Å²) in [4.78, 5) is 25.5. The number of benzene rings is 1. The third-order valence-corrected chi connectivity index (χ3v) is 3.24. The van der Waals surface area contributed by atoms with Crippen molar-refractivity contribution < 1.29 is 19.1 Å². The van der Waals surface area contributed by atoms with E-state index in [-0.39, 0.29) is 24.7 Å². The van der Waals surface area contributed by atoms with E-state index in [9.17, 15) is 9.59 Å². The van der Waals surface area contributed by atoms with E-state index in [4.69, 9.17) is 9.47 Å². The lowest BCUT2D eigenvalue weighted by Gasteiger charge is -2.26. The van der Waals surface area contributed by atoms with Crippen molar-refractivity contribution in [2.24, 2.45) is 0 Å². The largest absolute Gasteiger partial charge is 0.355 e. The van der Waals surface area contributed by atoms with Crippen molar-refractivity contribution in [3.05, 3.63) is 35.4 Å². The highest BCUT2D eigenvalue weighted by molar-refractivity contribution is 6.21. The number of imide groups is 1. The van der Waals surface area contributed by atoms with Crippen LogP contribution in [0.1, 0.15) is 27.1 Å². The maximum Gasteiger partial charge on any atom is 0.261 e. The van der Waals surface area contributed by atoms with E-state index in [1.807, 2.05) is 0 Å². The fourth-order valence-electron chi connectivity index (χ4n) is 2.25. The second-order valence-electron chi connectivity index (χ2n) is 4.37. The fourth-order valence-corrected chi connectivity index (χ4v) is 2.25. The molecule has 0 spiro atoms. The number of carbonyl (C=O) groups is 2. The van der Waals surface area contributed by atoms with E-state index in [1.54, 1.807) is 24.3 Å². The van der Waals surface area contributed by atoms with Gasteiger partial charge in [-0.2, -0.15) is 0 Å². The van der Waals surface area contributed by atoms with Gasteiger partial charge in [0.25, 0.3) is 11.8 Å². The first-order valence-electron chi connectivity index (χ1n) is 5.92. The molecule has 1 saturated heterocycles. The summed E-state index contributed by atoms with van der Waals surface area (Å²) in [7, 11) is 0. The molecule has 1 aromatic rings. The van der Waals surface area contributed by atoms with Crippen LogP contribution in [0.4, 0.5) is 0 Å². The van der Waals surface area contributed by atoms with Gasteiger partial charge in [-0.1, -0.05) is 12.1 Å². The summed E-state index contributed by atoms with van der Waals surface area (Å²) < 4.78 is 10.4. The van der Waals surface area contributed by atoms with Crippen LogP contribution >= 0.6 is 0 Å². The minimum Gasteiger partial charge on any atom is -0.355 e. The van der Waals surface area contributed by atoms with Crippen molar-refractivity contribution in [1.82, 2.24) is 4.90 Å². The quantitative estimate of drug-likeness (QED) is 0.733. The molecule has 1 fully saturated rings. The smallest absolute Gasteiger partial charge is 0.261 e. The molecule has 1 atom stereocenters. The lowest BCUT2D eigenvalue weighted by atomic mass is 10.1. The lowest BCUT2D eigenvalue weighted by molar-refractivity contribution is -0.140. The summed E-state index contributed by atoms with van der Waals surface area (Å²) in [6.07, 6.45) is 0.578. The highest BCUT2D eigenvalue weighted by atomic mass is 16.7. The number of amides is 2. The number of rotatable bonds is 2. The maximum atomic E-state index is 12.1. The highest BCUT2D eigenvalue weighted by Crippen LogP contribution is 2.23. The molecule has 0 bridgehead atoms. The van der Waals surface area contributed by atoms with Crippen LogP contribution in [0.5, 0.6) is 0 Å². The zero-order chi connectivity index (χ0) is 12.5. The predicted molar refractivity (Wildman–Crippen MR) is 62.1 cm³/mol. The normalized spacial score (nSPS) is 23.3. The zero-order valence-electron chi connectivity index (χ0n) is 9.80. The number of hydrogen-bond donors (Lipinski definition) is 0.